The molecule has 1 saturated carbocycles. The molecule has 4 heterocycles. The molecule has 4 aliphatic rings. The van der Waals surface area contributed by atoms with Crippen molar-refractivity contribution in [1.82, 2.24) is 14.9 Å². The number of benzene rings is 3. The van der Waals surface area contributed by atoms with Gasteiger partial charge in [-0.2, -0.15) is 0 Å². The van der Waals surface area contributed by atoms with Crippen molar-refractivity contribution < 1.29 is 23.9 Å². The highest BCUT2D eigenvalue weighted by Crippen LogP contribution is 2.48. The van der Waals surface area contributed by atoms with Crippen LogP contribution in [-0.2, 0) is 43.9 Å². The molecule has 2 aromatic heterocycles. The lowest BCUT2D eigenvalue weighted by Gasteiger charge is -2.45. The fraction of sp³-hybridized carbons (Fsp3) is 0.378. The number of pyridine rings is 2. The van der Waals surface area contributed by atoms with E-state index in [1.165, 1.54) is 0 Å². The number of aromatic nitrogens is 2. The fourth-order valence-electron chi connectivity index (χ4n) is 9.60. The summed E-state index contributed by atoms with van der Waals surface area (Å²) in [5.41, 5.74) is 3.87. The van der Waals surface area contributed by atoms with Crippen LogP contribution in [0.15, 0.2) is 77.6 Å². The second-order valence-corrected chi connectivity index (χ2v) is 21.6. The maximum atomic E-state index is 15.0. The van der Waals surface area contributed by atoms with Crippen molar-refractivity contribution in [2.75, 3.05) is 0 Å². The molecule has 9 rings (SSSR count). The molecule has 2 N–H and O–H groups in total. The van der Waals surface area contributed by atoms with E-state index in [4.69, 9.17) is 25.7 Å². The Labute approximate surface area is 332 Å². The van der Waals surface area contributed by atoms with E-state index in [-0.39, 0.29) is 53.1 Å². The zero-order valence-electron chi connectivity index (χ0n) is 32.4. The molecule has 288 valence electrons. The topological polar surface area (TPSA) is 120 Å². The molecule has 3 atom stereocenters. The van der Waals surface area contributed by atoms with E-state index in [1.54, 1.807) is 17.6 Å². The van der Waals surface area contributed by atoms with Crippen LogP contribution in [0.5, 0.6) is 0 Å². The summed E-state index contributed by atoms with van der Waals surface area (Å²) in [6, 6.07) is 24.0. The van der Waals surface area contributed by atoms with Crippen LogP contribution >= 0.6 is 11.6 Å². The second kappa shape index (κ2) is 13.2. The van der Waals surface area contributed by atoms with E-state index < -0.39 is 32.0 Å². The third-order valence-electron chi connectivity index (χ3n) is 12.7. The van der Waals surface area contributed by atoms with E-state index in [0.717, 1.165) is 50.9 Å². The van der Waals surface area contributed by atoms with Crippen molar-refractivity contribution in [3.05, 3.63) is 122 Å². The summed E-state index contributed by atoms with van der Waals surface area (Å²) in [5, 5.41) is 18.5. The Bertz CT molecular complexity index is 2470. The van der Waals surface area contributed by atoms with Gasteiger partial charge in [0, 0.05) is 21.5 Å². The van der Waals surface area contributed by atoms with Crippen LogP contribution in [0.25, 0.3) is 22.3 Å². The highest BCUT2D eigenvalue weighted by molar-refractivity contribution is 6.99. The van der Waals surface area contributed by atoms with E-state index >= 15 is 4.79 Å². The quantitative estimate of drug-likeness (QED) is 0.134. The Morgan fingerprint density at radius 3 is 2.30 bits per heavy atom. The van der Waals surface area contributed by atoms with E-state index in [2.05, 4.69) is 74.6 Å². The highest BCUT2D eigenvalue weighted by Gasteiger charge is 2.55. The monoisotopic (exact) mass is 787 g/mol. The Morgan fingerprint density at radius 1 is 1.04 bits per heavy atom. The first kappa shape index (κ1) is 37.0. The molecule has 5 aromatic rings. The average Bonchev–Trinajstić information content (AvgIpc) is 3.96. The van der Waals surface area contributed by atoms with Gasteiger partial charge in [-0.15, -0.1) is 0 Å². The Morgan fingerprint density at radius 2 is 1.70 bits per heavy atom. The second-order valence-electron chi connectivity index (χ2n) is 17.0. The van der Waals surface area contributed by atoms with Crippen LogP contribution in [0.3, 0.4) is 0 Å². The molecule has 56 heavy (non-hydrogen) atoms. The van der Waals surface area contributed by atoms with Crippen LogP contribution in [0.4, 0.5) is 0 Å². The van der Waals surface area contributed by atoms with Crippen LogP contribution in [0, 0.1) is 12.8 Å². The molecule has 11 heteroatoms. The van der Waals surface area contributed by atoms with Gasteiger partial charge in [0.05, 0.1) is 35.1 Å². The fourth-order valence-corrected chi connectivity index (χ4v) is 14.5. The average molecular weight is 788 g/mol. The van der Waals surface area contributed by atoms with E-state index in [9.17, 15) is 14.7 Å². The molecule has 0 saturated heterocycles. The summed E-state index contributed by atoms with van der Waals surface area (Å²) in [5.74, 6) is -0.810. The SMILES string of the molecule is CC[C@@]1(O)C(=O)OCc2c1cc1n(c2=O)Cc2c-1nc1cc(Cl)c(C)c3c1c2[C@H](NC(=O)C(O[Si](c1ccccc1)(c1ccccc1)C(C)(C)C)C1CC1)CC3. The van der Waals surface area contributed by atoms with Crippen molar-refractivity contribution in [1.29, 1.82) is 0 Å². The molecule has 0 spiro atoms. The molecule has 2 aliphatic carbocycles. The predicted molar refractivity (Wildman–Crippen MR) is 219 cm³/mol. The first-order valence-electron chi connectivity index (χ1n) is 19.7. The number of hydrogen-bond acceptors (Lipinski definition) is 7. The molecule has 0 bridgehead atoms. The smallest absolute Gasteiger partial charge is 0.343 e. The number of esters is 1. The molecule has 3 aromatic carbocycles. The maximum absolute atomic E-state index is 15.0. The predicted octanol–water partition coefficient (Wildman–Crippen LogP) is 6.50. The summed E-state index contributed by atoms with van der Waals surface area (Å²) in [6.07, 6.45) is 2.52. The third kappa shape index (κ3) is 5.47. The van der Waals surface area contributed by atoms with Gasteiger partial charge in [0.2, 0.25) is 5.91 Å². The summed E-state index contributed by atoms with van der Waals surface area (Å²) in [6.45, 7) is 10.4. The van der Waals surface area contributed by atoms with Gasteiger partial charge in [0.1, 0.15) is 12.7 Å². The number of carbonyl (C=O) groups excluding carboxylic acids is 2. The van der Waals surface area contributed by atoms with Crippen molar-refractivity contribution in [2.24, 2.45) is 5.92 Å². The van der Waals surface area contributed by atoms with Crippen molar-refractivity contribution in [2.45, 2.75) is 103 Å². The summed E-state index contributed by atoms with van der Waals surface area (Å²) in [4.78, 5) is 47.2. The van der Waals surface area contributed by atoms with Crippen molar-refractivity contribution in [3.8, 4) is 11.4 Å². The van der Waals surface area contributed by atoms with Crippen molar-refractivity contribution in [3.63, 3.8) is 0 Å². The minimum atomic E-state index is -3.06. The number of nitrogens with zero attached hydrogens (tertiary/aromatic N) is 2. The Kier molecular flexibility index (Phi) is 8.74. The number of ether oxygens (including phenoxy) is 1. The maximum Gasteiger partial charge on any atom is 0.343 e. The standard InChI is InChI=1S/C45H46ClN3O6Si/c1-6-45(53)32-21-36-39-30(23-49(36)42(51)31(32)24-54-43(45)52)38-34(20-19-29-25(2)33(46)22-35(47-39)37(29)38)48-41(50)40(26-17-18-26)55-56(44(3,4)5,27-13-9-7-10-14-27)28-15-11-8-12-16-28/h7-16,21-22,26,34,40,53H,6,17-20,23-24H2,1-5H3,(H,48,50)/t34-,40?,45+/m1/s1. The van der Waals surface area contributed by atoms with Crippen LogP contribution in [-0.4, -0.2) is 41.0 Å². The van der Waals surface area contributed by atoms with Gasteiger partial charge in [-0.1, -0.05) is 100.0 Å². The molecular weight excluding hydrogens is 742 g/mol. The van der Waals surface area contributed by atoms with Gasteiger partial charge in [0.15, 0.2) is 5.60 Å². The number of aryl methyl sites for hydroxylation is 1. The van der Waals surface area contributed by atoms with Crippen LogP contribution < -0.4 is 21.2 Å². The lowest BCUT2D eigenvalue weighted by Crippen LogP contribution is -2.69. The van der Waals surface area contributed by atoms with Gasteiger partial charge in [0.25, 0.3) is 13.9 Å². The molecular formula is C45H46ClN3O6Si. The normalized spacial score (nSPS) is 20.6. The molecule has 2 aliphatic heterocycles. The van der Waals surface area contributed by atoms with Gasteiger partial charge in [-0.25, -0.2) is 9.78 Å². The molecule has 9 nitrogen and oxygen atoms in total. The number of cyclic esters (lactones) is 1. The van der Waals surface area contributed by atoms with Crippen molar-refractivity contribution >= 4 is 53.1 Å². The number of rotatable bonds is 8. The minimum Gasteiger partial charge on any atom is -0.458 e. The largest absolute Gasteiger partial charge is 0.458 e. The van der Waals surface area contributed by atoms with Gasteiger partial charge < -0.3 is 24.2 Å². The Hall–Kier alpha value is -4.61. The highest BCUT2D eigenvalue weighted by atomic mass is 35.5. The molecule has 0 radical (unpaired) electrons. The number of fused-ring (bicyclic) bond motifs is 5. The number of halogens is 1. The number of aliphatic hydroxyl groups is 1. The van der Waals surface area contributed by atoms with E-state index in [1.807, 2.05) is 25.1 Å². The minimum absolute atomic E-state index is 0.0511. The first-order chi connectivity index (χ1) is 26.8. The summed E-state index contributed by atoms with van der Waals surface area (Å²) >= 11 is 6.83. The molecule has 1 amide bonds. The van der Waals surface area contributed by atoms with Crippen LogP contribution in [0.2, 0.25) is 10.1 Å². The third-order valence-corrected chi connectivity index (χ3v) is 18.1. The van der Waals surface area contributed by atoms with Gasteiger partial charge >= 0.3 is 5.97 Å². The zero-order valence-corrected chi connectivity index (χ0v) is 34.1. The lowest BCUT2D eigenvalue weighted by molar-refractivity contribution is -0.172. The summed E-state index contributed by atoms with van der Waals surface area (Å²) < 4.78 is 14.5. The van der Waals surface area contributed by atoms with E-state index in [0.29, 0.717) is 34.8 Å². The lowest BCUT2D eigenvalue weighted by atomic mass is 9.81. The summed E-state index contributed by atoms with van der Waals surface area (Å²) in [7, 11) is -3.06. The number of nitrogens with one attached hydrogen (secondary N) is 1. The molecule has 1 fully saturated rings. The number of carbonyl (C=O) groups is 2. The van der Waals surface area contributed by atoms with Crippen LogP contribution in [0.1, 0.15) is 92.8 Å². The molecule has 1 unspecified atom stereocenters. The number of hydrogen-bond donors (Lipinski definition) is 2. The Balaban J connectivity index is 1.17. The number of amides is 1. The van der Waals surface area contributed by atoms with Gasteiger partial charge in [-0.3, -0.25) is 9.59 Å². The zero-order chi connectivity index (χ0) is 39.3. The first-order valence-corrected chi connectivity index (χ1v) is 22.0. The van der Waals surface area contributed by atoms with Gasteiger partial charge in [-0.05, 0) is 89.2 Å².